The number of aromatic nitrogens is 9. The summed E-state index contributed by atoms with van der Waals surface area (Å²) in [4.78, 5) is 128. The molecule has 6 aromatic carbocycles. The van der Waals surface area contributed by atoms with Crippen molar-refractivity contribution in [3.63, 3.8) is 0 Å². The molecule has 0 aliphatic heterocycles. The number of nitrogens with zero attached hydrogens (tertiary/aromatic N) is 10. The van der Waals surface area contributed by atoms with Gasteiger partial charge in [0.1, 0.15) is 62.7 Å². The third-order valence-corrected chi connectivity index (χ3v) is 20.0. The minimum atomic E-state index is -4.81. The molecule has 0 spiro atoms. The molecule has 0 saturated heterocycles. The molecule has 50 heteroatoms. The van der Waals surface area contributed by atoms with Crippen molar-refractivity contribution in [2.75, 3.05) is 81.0 Å². The van der Waals surface area contributed by atoms with Gasteiger partial charge in [-0.2, -0.15) is 23.1 Å². The van der Waals surface area contributed by atoms with Crippen LogP contribution in [-0.2, 0) is 15.8 Å². The van der Waals surface area contributed by atoms with Gasteiger partial charge in [-0.25, -0.2) is 64.7 Å². The van der Waals surface area contributed by atoms with Gasteiger partial charge in [0.25, 0.3) is 17.5 Å². The first-order valence-electron chi connectivity index (χ1n) is 40.0. The summed E-state index contributed by atoms with van der Waals surface area (Å²) in [6.45, 7) is 22.1. The van der Waals surface area contributed by atoms with E-state index in [1.807, 2.05) is 137 Å². The largest absolute Gasteiger partial charge is 0.495 e. The number of methoxy groups -OCH3 is 1. The third-order valence-electron chi connectivity index (χ3n) is 17.4. The Morgan fingerprint density at radius 3 is 1.46 bits per heavy atom. The first-order chi connectivity index (χ1) is 64.1. The second-order valence-corrected chi connectivity index (χ2v) is 30.9. The Morgan fingerprint density at radius 2 is 0.941 bits per heavy atom. The standard InChI is InChI=1S/C24H25Cl3N6O4.C24H23Cl2F3N6O3.C16H19Cl2N5O2.C14H15N5O3.C7H11N5O/c1-5-16(37-17-8-6-12(2)10-13(17)3)22(34)28-14-7-9-18(36-4)15(11-14)29-24(35)33-32-23-30-20(26)19(25)21(27)31-23;1-4-17(38-18-8-5-12(2)9-13(18)3)22(36)32-14-6-7-15(25)16(10-14)33-23(37)35-34-21-19(26)20(24(27,28)29)30-11-31-21;1-10-4-5-12(11(2)8-10)25-7-3-6-19-16(24)23-22-15-13(17)14(18)20-9-21-15;1-9-5-10(2)7-11(6-9)16-14(20)18-17-13-4-3-12(8-15-13)19(21)22;1-5-3-10-6(4-9-5)11-12-7(13)8-2/h6-11,16H,5H2,1-4H3,(H,28,34)(H2,29,33,35)(H,30,31,32);5-11,17H,4H2,1-3H3,(H,32,36)(H,30,31,34)(H2,33,35,37);4-5,8-9H,3,6-7H2,1-2H3,(H2,19,23,24)(H,20,21,22);3-8H,1-2H3,(H,15,17)(H2,16,18,20);3-4H,1-2H3,(H,10,11)(H2,8,12,13). The van der Waals surface area contributed by atoms with E-state index in [1.165, 1.54) is 62.6 Å². The maximum Gasteiger partial charge on any atom is 0.435 e. The zero-order valence-corrected chi connectivity index (χ0v) is 79.5. The topological polar surface area (TPSA) is 520 Å². The highest BCUT2D eigenvalue weighted by molar-refractivity contribution is 6.47. The highest BCUT2D eigenvalue weighted by Gasteiger charge is 2.37. The fourth-order valence-corrected chi connectivity index (χ4v) is 12.2. The molecule has 5 aromatic heterocycles. The molecule has 0 fully saturated rings. The Morgan fingerprint density at radius 1 is 0.452 bits per heavy atom. The minimum Gasteiger partial charge on any atom is -0.495 e. The number of hydrazine groups is 5. The SMILES string of the molecule is CCC(Oc1ccc(C)cc1C)C(=O)Nc1ccc(Cl)c(NC(=O)NNc2ncnc(C(F)(F)F)c2Cl)c1.CCC(Oc1ccc(C)cc1C)C(=O)Nc1ccc(OC)c(NC(=O)NNc2nc(Cl)c(Cl)c(Cl)n2)c1.CNC(=O)NNc1cnc(C)cn1.Cc1cc(C)cc(NC(=O)NNc2ccc([N+](=O)[O-])cn2)c1.Cc1ccc(OCCCNC(=O)NNc2ncnc(Cl)c2Cl)c(C)c1. The number of carbonyl (C=O) groups excluding carboxylic acids is 7. The van der Waals surface area contributed by atoms with Crippen LogP contribution in [0.25, 0.3) is 0 Å². The number of aryl methyl sites for hydroxylation is 9. The minimum absolute atomic E-state index is 0.00774. The van der Waals surface area contributed by atoms with Gasteiger partial charge < -0.3 is 56.2 Å². The molecule has 135 heavy (non-hydrogen) atoms. The summed E-state index contributed by atoms with van der Waals surface area (Å²) >= 11 is 41.0. The van der Waals surface area contributed by atoms with Crippen molar-refractivity contribution in [1.82, 2.24) is 82.6 Å². The summed E-state index contributed by atoms with van der Waals surface area (Å²) in [6, 6.07) is 32.2. The number of hydrogen-bond donors (Lipinski definition) is 17. The molecule has 0 bridgehead atoms. The number of halogens is 10. The zero-order chi connectivity index (χ0) is 99.2. The predicted molar refractivity (Wildman–Crippen MR) is 512 cm³/mol. The number of nitro groups is 1. The predicted octanol–water partition coefficient (Wildman–Crippen LogP) is 18.7. The molecule has 0 radical (unpaired) electrons. The fraction of sp³-hybridized carbons (Fsp3) is 0.247. The third kappa shape index (κ3) is 36.2. The normalized spacial score (nSPS) is 10.8. The molecule has 11 rings (SSSR count). The van der Waals surface area contributed by atoms with E-state index in [1.54, 1.807) is 30.5 Å². The van der Waals surface area contributed by atoms with Gasteiger partial charge in [0.15, 0.2) is 50.8 Å². The van der Waals surface area contributed by atoms with E-state index in [2.05, 4.69) is 142 Å². The number of nitrogens with one attached hydrogen (secondary N) is 17. The van der Waals surface area contributed by atoms with Crippen LogP contribution in [0.4, 0.5) is 100 Å². The lowest BCUT2D eigenvalue weighted by Gasteiger charge is -2.19. The molecule has 0 saturated carbocycles. The van der Waals surface area contributed by atoms with E-state index in [-0.39, 0.29) is 71.3 Å². The van der Waals surface area contributed by atoms with Crippen LogP contribution >= 0.6 is 81.2 Å². The highest BCUT2D eigenvalue weighted by Crippen LogP contribution is 2.37. The Bertz CT molecular complexity index is 5920. The van der Waals surface area contributed by atoms with Crippen LogP contribution in [0.5, 0.6) is 23.0 Å². The summed E-state index contributed by atoms with van der Waals surface area (Å²) < 4.78 is 61.7. The molecule has 716 valence electrons. The van der Waals surface area contributed by atoms with Gasteiger partial charge in [-0.05, 0) is 182 Å². The van der Waals surface area contributed by atoms with Crippen molar-refractivity contribution >= 4 is 187 Å². The Kier molecular flexibility index (Phi) is 42.4. The summed E-state index contributed by atoms with van der Waals surface area (Å²) in [5.74, 6) is 2.16. The van der Waals surface area contributed by atoms with Crippen LogP contribution in [0, 0.1) is 72.4 Å². The average Bonchev–Trinajstić information content (AvgIpc) is 0.815. The van der Waals surface area contributed by atoms with E-state index in [4.69, 9.17) is 100 Å². The van der Waals surface area contributed by atoms with Crippen molar-refractivity contribution in [1.29, 1.82) is 0 Å². The number of pyridine rings is 1. The molecular formula is C85H93Cl7F3N27O13. The second-order valence-electron chi connectivity index (χ2n) is 28.3. The van der Waals surface area contributed by atoms with Gasteiger partial charge in [-0.3, -0.25) is 68.1 Å². The quantitative estimate of drug-likeness (QED) is 0.00860. The van der Waals surface area contributed by atoms with Crippen LogP contribution in [0.3, 0.4) is 0 Å². The van der Waals surface area contributed by atoms with Crippen molar-refractivity contribution in [2.24, 2.45) is 0 Å². The van der Waals surface area contributed by atoms with Gasteiger partial charge in [-0.15, -0.1) is 0 Å². The van der Waals surface area contributed by atoms with Crippen molar-refractivity contribution in [2.45, 2.75) is 114 Å². The fourth-order valence-electron chi connectivity index (χ4n) is 11.0. The van der Waals surface area contributed by atoms with Crippen molar-refractivity contribution < 1.29 is 70.6 Å². The monoisotopic (exact) mass is 2000 g/mol. The van der Waals surface area contributed by atoms with E-state index >= 15 is 0 Å². The Hall–Kier alpha value is -14.5. The molecule has 0 aliphatic rings. The van der Waals surface area contributed by atoms with Gasteiger partial charge in [0, 0.05) is 36.7 Å². The Balaban J connectivity index is 0.000000239. The number of ether oxygens (including phenoxy) is 4. The molecular weight excluding hydrogens is 1910 g/mol. The number of rotatable bonds is 30. The summed E-state index contributed by atoms with van der Waals surface area (Å²) in [5, 5.41) is 28.2. The molecule has 11 aromatic rings. The molecule has 0 aliphatic carbocycles. The second kappa shape index (κ2) is 53.3. The number of benzene rings is 6. The van der Waals surface area contributed by atoms with Crippen molar-refractivity contribution in [3.8, 4) is 23.0 Å². The van der Waals surface area contributed by atoms with E-state index in [0.717, 1.165) is 56.6 Å². The lowest BCUT2D eigenvalue weighted by molar-refractivity contribution is -0.385. The van der Waals surface area contributed by atoms with Gasteiger partial charge >= 0.3 is 36.3 Å². The zero-order valence-electron chi connectivity index (χ0n) is 74.2. The van der Waals surface area contributed by atoms with Gasteiger partial charge in [0.05, 0.1) is 53.1 Å². The molecule has 17 N–H and O–H groups in total. The van der Waals surface area contributed by atoms with Crippen LogP contribution in [0.1, 0.15) is 89.0 Å². The first kappa shape index (κ1) is 108. The lowest BCUT2D eigenvalue weighted by Crippen LogP contribution is -2.40. The van der Waals surface area contributed by atoms with Crippen molar-refractivity contribution in [3.05, 3.63) is 254 Å². The highest BCUT2D eigenvalue weighted by atomic mass is 35.5. The molecule has 40 nitrogen and oxygen atoms in total. The first-order valence-corrected chi connectivity index (χ1v) is 42.7. The number of anilines is 10. The molecule has 2 unspecified atom stereocenters. The molecule has 5 heterocycles. The summed E-state index contributed by atoms with van der Waals surface area (Å²) in [5.41, 5.74) is 33.6. The number of amides is 12. The lowest BCUT2D eigenvalue weighted by atomic mass is 10.1. The van der Waals surface area contributed by atoms with Gasteiger partial charge in [0.2, 0.25) is 5.95 Å². The van der Waals surface area contributed by atoms with Crippen LogP contribution < -0.4 is 110 Å². The van der Waals surface area contributed by atoms with Crippen LogP contribution in [0.2, 0.25) is 35.5 Å². The average molecular weight is 2010 g/mol. The smallest absolute Gasteiger partial charge is 0.435 e. The number of carbonyl (C=O) groups is 7. The van der Waals surface area contributed by atoms with E-state index < -0.39 is 69.9 Å². The summed E-state index contributed by atoms with van der Waals surface area (Å²) in [7, 11) is 2.98. The molecule has 2 atom stereocenters. The van der Waals surface area contributed by atoms with Gasteiger partial charge in [-0.1, -0.05) is 154 Å². The maximum atomic E-state index is 12.9. The van der Waals surface area contributed by atoms with E-state index in [0.29, 0.717) is 84.7 Å². The number of alkyl halides is 3. The number of urea groups is 5. The van der Waals surface area contributed by atoms with E-state index in [9.17, 15) is 56.8 Å². The van der Waals surface area contributed by atoms with Crippen LogP contribution in [-0.4, -0.2) is 131 Å². The van der Waals surface area contributed by atoms with Crippen LogP contribution in [0.15, 0.2) is 153 Å². The molecule has 12 amide bonds. The number of hydrogen-bond acceptors (Lipinski definition) is 27. The Labute approximate surface area is 806 Å². The summed E-state index contributed by atoms with van der Waals surface area (Å²) in [6.07, 6.45) is 1.33. The maximum absolute atomic E-state index is 12.9.